The van der Waals surface area contributed by atoms with Gasteiger partial charge in [0.15, 0.2) is 5.96 Å². The molecule has 11 atom stereocenters. The smallest absolute Gasteiger partial charge is 0.328 e. The van der Waals surface area contributed by atoms with E-state index in [0.717, 1.165) is 13.8 Å². The summed E-state index contributed by atoms with van der Waals surface area (Å²) in [6, 6.07) is -15.6. The van der Waals surface area contributed by atoms with E-state index in [1.807, 2.05) is 0 Å². The number of aliphatic hydroxyl groups is 3. The highest BCUT2D eigenvalue weighted by Crippen LogP contribution is 2.10. The molecular weight excluding hydrogens is 1010 g/mol. The number of aliphatic imine (C=N–C) groups is 1. The van der Waals surface area contributed by atoms with Crippen LogP contribution in [0.5, 0.6) is 0 Å². The minimum absolute atomic E-state index is 0.0351. The van der Waals surface area contributed by atoms with Gasteiger partial charge in [-0.3, -0.25) is 57.7 Å². The predicted molar refractivity (Wildman–Crippen MR) is 261 cm³/mol. The van der Waals surface area contributed by atoms with E-state index in [0.29, 0.717) is 0 Å². The zero-order valence-electron chi connectivity index (χ0n) is 42.1. The predicted octanol–water partition coefficient (Wildman–Crippen LogP) is -8.30. The molecule has 0 unspecified atom stereocenters. The van der Waals surface area contributed by atoms with E-state index in [4.69, 9.17) is 28.0 Å². The van der Waals surface area contributed by atoms with E-state index in [2.05, 4.69) is 57.5 Å². The minimum Gasteiger partial charge on any atom is -0.481 e. The van der Waals surface area contributed by atoms with E-state index in [-0.39, 0.29) is 49.8 Å². The summed E-state index contributed by atoms with van der Waals surface area (Å²) >= 11 is 0. The first-order valence-corrected chi connectivity index (χ1v) is 23.6. The summed E-state index contributed by atoms with van der Waals surface area (Å²) in [6.07, 6.45) is -4.96. The summed E-state index contributed by atoms with van der Waals surface area (Å²) in [7, 11) is 0. The number of carbonyl (C=O) groups excluding carboxylic acids is 9. The molecule has 9 amide bonds. The van der Waals surface area contributed by atoms with Crippen LogP contribution in [0.1, 0.15) is 84.8 Å². The number of aliphatic hydroxyl groups excluding tert-OH is 3. The number of amides is 9. The molecule has 0 saturated heterocycles. The molecule has 0 aliphatic rings. The van der Waals surface area contributed by atoms with Gasteiger partial charge in [0.05, 0.1) is 37.6 Å². The summed E-state index contributed by atoms with van der Waals surface area (Å²) in [5.41, 5.74) is 22.1. The number of imidazole rings is 1. The normalized spacial score (nSPS) is 15.4. The van der Waals surface area contributed by atoms with Gasteiger partial charge in [0.2, 0.25) is 53.2 Å². The summed E-state index contributed by atoms with van der Waals surface area (Å²) in [5.74, 6) is -15.4. The van der Waals surface area contributed by atoms with Crippen molar-refractivity contribution in [2.45, 2.75) is 152 Å². The number of carboxylic acid groups (broad SMARTS) is 3. The first kappa shape index (κ1) is 66.0. The number of nitrogens with two attached hydrogens (primary N) is 4. The quantitative estimate of drug-likeness (QED) is 0.0169. The summed E-state index contributed by atoms with van der Waals surface area (Å²) < 4.78 is 0. The number of hydrogen-bond acceptors (Lipinski definition) is 18. The topological polar surface area (TPSA) is 568 Å². The molecule has 0 aliphatic heterocycles. The van der Waals surface area contributed by atoms with Crippen molar-refractivity contribution in [1.82, 2.24) is 52.5 Å². The van der Waals surface area contributed by atoms with Crippen molar-refractivity contribution in [3.05, 3.63) is 18.2 Å². The van der Waals surface area contributed by atoms with E-state index in [1.165, 1.54) is 12.5 Å². The number of primary amides is 1. The van der Waals surface area contributed by atoms with Gasteiger partial charge in [-0.05, 0) is 51.9 Å². The van der Waals surface area contributed by atoms with Crippen LogP contribution in [0.15, 0.2) is 17.5 Å². The highest BCUT2D eigenvalue weighted by atomic mass is 16.4. The van der Waals surface area contributed by atoms with Gasteiger partial charge in [-0.15, -0.1) is 0 Å². The molecule has 426 valence electrons. The molecule has 0 fully saturated rings. The van der Waals surface area contributed by atoms with E-state index in [1.54, 1.807) is 13.8 Å². The minimum atomic E-state index is -1.98. The maximum absolute atomic E-state index is 14.0. The van der Waals surface area contributed by atoms with Gasteiger partial charge in [-0.2, -0.15) is 0 Å². The Morgan fingerprint density at radius 3 is 1.51 bits per heavy atom. The number of rotatable bonds is 36. The Morgan fingerprint density at radius 1 is 0.592 bits per heavy atom. The number of aliphatic carboxylic acids is 3. The summed E-state index contributed by atoms with van der Waals surface area (Å²) in [5, 5.41) is 76.4. The number of carboxylic acids is 3. The van der Waals surface area contributed by atoms with Crippen molar-refractivity contribution in [2.24, 2.45) is 33.8 Å². The van der Waals surface area contributed by atoms with Crippen LogP contribution in [0, 0.1) is 5.92 Å². The second kappa shape index (κ2) is 33.0. The molecule has 1 rings (SSSR count). The number of nitrogens with zero attached hydrogens (tertiary/aromatic N) is 2. The van der Waals surface area contributed by atoms with Crippen LogP contribution < -0.4 is 65.5 Å². The van der Waals surface area contributed by atoms with Crippen LogP contribution in [-0.4, -0.2) is 197 Å². The molecule has 1 aromatic rings. The monoisotopic (exact) mass is 1090 g/mol. The molecular formula is C43H71N15O18. The number of carbonyl (C=O) groups is 12. The SMILES string of the molecule is CC(C)C[C@H](NC(=O)[C@H](CCC(=O)O)NC(=O)[C@@H](NC(=O)[C@H](Cc1cnc[nH]1)NC(=O)[C@H](CC(N)=O)NC(=O)[C@@H](NC(=O)[C@H](CCCN=C(N)N)NC(=O)[C@@H](N)CCC(=O)O)[C@@H](C)O)[C@@H](C)O)C(=O)N[C@@H](CO)C(=O)O. The third kappa shape index (κ3) is 24.8. The van der Waals surface area contributed by atoms with Crippen LogP contribution in [0.4, 0.5) is 0 Å². The van der Waals surface area contributed by atoms with Crippen molar-refractivity contribution in [3.63, 3.8) is 0 Å². The second-order valence-electron chi connectivity index (χ2n) is 17.8. The molecule has 0 aromatic carbocycles. The number of nitrogens with one attached hydrogen (secondary N) is 9. The lowest BCUT2D eigenvalue weighted by atomic mass is 10.0. The average molecular weight is 1090 g/mol. The Labute approximate surface area is 434 Å². The number of hydrogen-bond donors (Lipinski definition) is 19. The maximum Gasteiger partial charge on any atom is 0.328 e. The van der Waals surface area contributed by atoms with Gasteiger partial charge in [0.25, 0.3) is 0 Å². The molecule has 33 heteroatoms. The zero-order valence-corrected chi connectivity index (χ0v) is 42.1. The standard InChI is InChI=1S/C43H71N15O18/c1-18(2)12-25(37(70)56-28(16-59)42(75)76)53-35(68)24(8-10-31(65)66)52-40(73)32(19(3)60)58-39(72)26(13-21-15-48-17-50-21)54-38(71)27(14-29(45)62)55-41(74)33(20(4)61)57-36(69)23(6-5-11-49-43(46)47)51-34(67)22(44)7-9-30(63)64/h15,17-20,22-28,32-33,59-61H,5-14,16,44H2,1-4H3,(H2,45,62)(H,48,50)(H,51,67)(H,52,73)(H,53,68)(H,54,71)(H,55,74)(H,56,70)(H,57,69)(H,58,72)(H,63,64)(H,65,66)(H,75,76)(H4,46,47,49)/t19-,20-,22+,23+,24+,25+,26+,27+,28+,32+,33+/m1/s1. The van der Waals surface area contributed by atoms with Gasteiger partial charge in [0, 0.05) is 37.7 Å². The second-order valence-corrected chi connectivity index (χ2v) is 17.8. The molecule has 0 radical (unpaired) electrons. The van der Waals surface area contributed by atoms with Crippen LogP contribution in [0.25, 0.3) is 0 Å². The van der Waals surface area contributed by atoms with Crippen LogP contribution >= 0.6 is 0 Å². The van der Waals surface area contributed by atoms with Crippen molar-refractivity contribution in [3.8, 4) is 0 Å². The summed E-state index contributed by atoms with van der Waals surface area (Å²) in [6.45, 7) is 4.35. The molecule has 0 bridgehead atoms. The molecule has 76 heavy (non-hydrogen) atoms. The van der Waals surface area contributed by atoms with Crippen molar-refractivity contribution < 1.29 is 88.2 Å². The lowest BCUT2D eigenvalue weighted by Crippen LogP contribution is -2.63. The third-order valence-electron chi connectivity index (χ3n) is 10.8. The molecule has 0 aliphatic carbocycles. The van der Waals surface area contributed by atoms with Crippen LogP contribution in [-0.2, 0) is 64.0 Å². The molecule has 1 aromatic heterocycles. The Kier molecular flexibility index (Phi) is 28.6. The van der Waals surface area contributed by atoms with Gasteiger partial charge < -0.3 is 101 Å². The third-order valence-corrected chi connectivity index (χ3v) is 10.8. The number of H-pyrrole nitrogens is 1. The fourth-order valence-electron chi connectivity index (χ4n) is 6.78. The highest BCUT2D eigenvalue weighted by Gasteiger charge is 2.38. The van der Waals surface area contributed by atoms with E-state index >= 15 is 0 Å². The fraction of sp³-hybridized carbons (Fsp3) is 0.628. The molecule has 23 N–H and O–H groups in total. The van der Waals surface area contributed by atoms with Crippen molar-refractivity contribution in [1.29, 1.82) is 0 Å². The van der Waals surface area contributed by atoms with Crippen molar-refractivity contribution >= 4 is 77.0 Å². The van der Waals surface area contributed by atoms with Crippen LogP contribution in [0.3, 0.4) is 0 Å². The van der Waals surface area contributed by atoms with Crippen molar-refractivity contribution in [2.75, 3.05) is 13.2 Å². The fourth-order valence-corrected chi connectivity index (χ4v) is 6.78. The van der Waals surface area contributed by atoms with E-state index < -0.39 is 176 Å². The lowest BCUT2D eigenvalue weighted by molar-refractivity contribution is -0.143. The van der Waals surface area contributed by atoms with Gasteiger partial charge in [-0.25, -0.2) is 9.78 Å². The Bertz CT molecular complexity index is 2210. The first-order chi connectivity index (χ1) is 35.5. The van der Waals surface area contributed by atoms with Gasteiger partial charge >= 0.3 is 17.9 Å². The maximum atomic E-state index is 14.0. The molecule has 0 saturated carbocycles. The zero-order chi connectivity index (χ0) is 58.0. The Balaban J connectivity index is 3.52. The van der Waals surface area contributed by atoms with Crippen LogP contribution in [0.2, 0.25) is 0 Å². The molecule has 33 nitrogen and oxygen atoms in total. The first-order valence-electron chi connectivity index (χ1n) is 23.6. The molecule has 0 spiro atoms. The largest absolute Gasteiger partial charge is 0.481 e. The average Bonchev–Trinajstić information content (AvgIpc) is 3.84. The van der Waals surface area contributed by atoms with Gasteiger partial charge in [-0.1, -0.05) is 13.8 Å². The summed E-state index contributed by atoms with van der Waals surface area (Å²) in [4.78, 5) is 165. The van der Waals surface area contributed by atoms with Gasteiger partial charge in [0.1, 0.15) is 48.3 Å². The Morgan fingerprint density at radius 2 is 1.04 bits per heavy atom. The molecule has 1 heterocycles. The van der Waals surface area contributed by atoms with E-state index in [9.17, 15) is 83.1 Å². The lowest BCUT2D eigenvalue weighted by Gasteiger charge is -2.29. The Hall–Kier alpha value is -8.04. The highest BCUT2D eigenvalue weighted by molar-refractivity contribution is 5.99. The number of guanidine groups is 1. The number of aromatic amines is 1. The number of aromatic nitrogens is 2.